The van der Waals surface area contributed by atoms with Crippen LogP contribution in [-0.4, -0.2) is 49.3 Å². The summed E-state index contributed by atoms with van der Waals surface area (Å²) >= 11 is 0. The summed E-state index contributed by atoms with van der Waals surface area (Å²) in [6.45, 7) is 7.39. The lowest BCUT2D eigenvalue weighted by atomic mass is 10.1. The minimum atomic E-state index is 0.122. The van der Waals surface area contributed by atoms with Gasteiger partial charge in [-0.1, -0.05) is 25.7 Å². The van der Waals surface area contributed by atoms with Crippen LogP contribution in [0.2, 0.25) is 0 Å². The van der Waals surface area contributed by atoms with Gasteiger partial charge in [0, 0.05) is 37.9 Å². The number of nitrogens with zero attached hydrogens (tertiary/aromatic N) is 2. The van der Waals surface area contributed by atoms with E-state index in [-0.39, 0.29) is 12.1 Å². The lowest BCUT2D eigenvalue weighted by molar-refractivity contribution is 0.189. The summed E-state index contributed by atoms with van der Waals surface area (Å²) in [4.78, 5) is 16.9. The number of rotatable bonds is 4. The summed E-state index contributed by atoms with van der Waals surface area (Å²) in [7, 11) is 0. The first-order valence-electron chi connectivity index (χ1n) is 10.2. The average molecular weight is 360 g/mol. The van der Waals surface area contributed by atoms with E-state index in [4.69, 9.17) is 4.74 Å². The second kappa shape index (κ2) is 9.15. The fourth-order valence-corrected chi connectivity index (χ4v) is 3.87. The number of carbonyl (C=O) groups excluding carboxylic acids is 1. The number of hydrogen-bond donors (Lipinski definition) is 1. The summed E-state index contributed by atoms with van der Waals surface area (Å²) in [6, 6.07) is 8.77. The van der Waals surface area contributed by atoms with Gasteiger partial charge < -0.3 is 19.9 Å². The second-order valence-corrected chi connectivity index (χ2v) is 7.77. The first-order valence-corrected chi connectivity index (χ1v) is 10.2. The molecule has 3 rings (SSSR count). The third kappa shape index (κ3) is 5.29. The second-order valence-electron chi connectivity index (χ2n) is 7.77. The highest BCUT2D eigenvalue weighted by Crippen LogP contribution is 2.22. The molecule has 0 bridgehead atoms. The molecule has 0 radical (unpaired) electrons. The van der Waals surface area contributed by atoms with E-state index in [0.717, 1.165) is 44.8 Å². The Morgan fingerprint density at radius 1 is 1.00 bits per heavy atom. The molecule has 1 aliphatic heterocycles. The summed E-state index contributed by atoms with van der Waals surface area (Å²) in [6.07, 6.45) is 7.58. The largest absolute Gasteiger partial charge is 0.491 e. The topological polar surface area (TPSA) is 44.8 Å². The van der Waals surface area contributed by atoms with Crippen molar-refractivity contribution in [1.29, 1.82) is 0 Å². The van der Waals surface area contributed by atoms with Crippen molar-refractivity contribution < 1.29 is 9.53 Å². The van der Waals surface area contributed by atoms with Gasteiger partial charge in [0.1, 0.15) is 5.75 Å². The van der Waals surface area contributed by atoms with Gasteiger partial charge in [-0.25, -0.2) is 4.79 Å². The zero-order chi connectivity index (χ0) is 18.4. The Balaban J connectivity index is 1.46. The van der Waals surface area contributed by atoms with Crippen molar-refractivity contribution in [2.45, 2.75) is 64.5 Å². The number of carbonyl (C=O) groups is 1. The molecule has 26 heavy (non-hydrogen) atoms. The van der Waals surface area contributed by atoms with Crippen LogP contribution in [0, 0.1) is 0 Å². The van der Waals surface area contributed by atoms with Crippen LogP contribution in [0.3, 0.4) is 0 Å². The van der Waals surface area contributed by atoms with Crippen molar-refractivity contribution >= 4 is 11.7 Å². The molecule has 0 aromatic heterocycles. The van der Waals surface area contributed by atoms with Crippen molar-refractivity contribution in [3.63, 3.8) is 0 Å². The highest BCUT2D eigenvalue weighted by molar-refractivity contribution is 5.75. The van der Waals surface area contributed by atoms with Gasteiger partial charge in [0.2, 0.25) is 0 Å². The van der Waals surface area contributed by atoms with Crippen LogP contribution < -0.4 is 15.0 Å². The van der Waals surface area contributed by atoms with Crippen molar-refractivity contribution in [3.8, 4) is 5.75 Å². The lowest BCUT2D eigenvalue weighted by Crippen LogP contribution is -2.53. The van der Waals surface area contributed by atoms with Crippen molar-refractivity contribution in [2.24, 2.45) is 0 Å². The first kappa shape index (κ1) is 18.9. The Morgan fingerprint density at radius 3 is 2.19 bits per heavy atom. The number of piperazine rings is 1. The molecule has 1 aliphatic carbocycles. The molecule has 5 heteroatoms. The zero-order valence-electron chi connectivity index (χ0n) is 16.2. The van der Waals surface area contributed by atoms with Gasteiger partial charge >= 0.3 is 6.03 Å². The van der Waals surface area contributed by atoms with Crippen LogP contribution in [0.25, 0.3) is 0 Å². The maximum absolute atomic E-state index is 12.5. The van der Waals surface area contributed by atoms with E-state index in [1.807, 2.05) is 30.9 Å². The van der Waals surface area contributed by atoms with Crippen LogP contribution in [0.4, 0.5) is 10.5 Å². The van der Waals surface area contributed by atoms with E-state index in [9.17, 15) is 4.79 Å². The quantitative estimate of drug-likeness (QED) is 0.826. The van der Waals surface area contributed by atoms with Crippen LogP contribution in [0.1, 0.15) is 52.4 Å². The SMILES string of the molecule is CC(C)Oc1ccc(N2CCN(C(=O)NC3CCCCCC3)CC2)cc1. The predicted molar refractivity (Wildman–Crippen MR) is 106 cm³/mol. The van der Waals surface area contributed by atoms with E-state index >= 15 is 0 Å². The fourth-order valence-electron chi connectivity index (χ4n) is 3.87. The Morgan fingerprint density at radius 2 is 1.62 bits per heavy atom. The van der Waals surface area contributed by atoms with Gasteiger partial charge in [-0.15, -0.1) is 0 Å². The molecule has 144 valence electrons. The smallest absolute Gasteiger partial charge is 0.317 e. The third-order valence-corrected chi connectivity index (χ3v) is 5.32. The minimum absolute atomic E-state index is 0.122. The highest BCUT2D eigenvalue weighted by atomic mass is 16.5. The molecule has 1 aromatic carbocycles. The molecule has 0 unspecified atom stereocenters. The van der Waals surface area contributed by atoms with Gasteiger partial charge in [0.15, 0.2) is 0 Å². The van der Waals surface area contributed by atoms with Crippen LogP contribution >= 0.6 is 0 Å². The van der Waals surface area contributed by atoms with Crippen molar-refractivity contribution in [2.75, 3.05) is 31.1 Å². The number of urea groups is 1. The summed E-state index contributed by atoms with van der Waals surface area (Å²) in [5.74, 6) is 0.908. The van der Waals surface area contributed by atoms with E-state index in [0.29, 0.717) is 6.04 Å². The van der Waals surface area contributed by atoms with Gasteiger partial charge in [0.25, 0.3) is 0 Å². The van der Waals surface area contributed by atoms with Crippen LogP contribution in [-0.2, 0) is 0 Å². The van der Waals surface area contributed by atoms with E-state index in [1.54, 1.807) is 0 Å². The Kier molecular flexibility index (Phi) is 6.64. The van der Waals surface area contributed by atoms with E-state index < -0.39 is 0 Å². The van der Waals surface area contributed by atoms with Crippen molar-refractivity contribution in [1.82, 2.24) is 10.2 Å². The molecule has 1 heterocycles. The lowest BCUT2D eigenvalue weighted by Gasteiger charge is -2.36. The molecule has 2 fully saturated rings. The fraction of sp³-hybridized carbons (Fsp3) is 0.667. The average Bonchev–Trinajstić information content (AvgIpc) is 2.91. The summed E-state index contributed by atoms with van der Waals surface area (Å²) < 4.78 is 5.71. The number of hydrogen-bond acceptors (Lipinski definition) is 3. The molecule has 5 nitrogen and oxygen atoms in total. The molecule has 2 aliphatic rings. The van der Waals surface area contributed by atoms with E-state index in [1.165, 1.54) is 31.4 Å². The number of amides is 2. The van der Waals surface area contributed by atoms with Gasteiger partial charge in [-0.2, -0.15) is 0 Å². The minimum Gasteiger partial charge on any atom is -0.491 e. The molecule has 0 spiro atoms. The highest BCUT2D eigenvalue weighted by Gasteiger charge is 2.23. The number of ether oxygens (including phenoxy) is 1. The molecular weight excluding hydrogens is 326 g/mol. The van der Waals surface area contributed by atoms with Gasteiger partial charge in [-0.05, 0) is 51.0 Å². The predicted octanol–water partition coefficient (Wildman–Crippen LogP) is 4.03. The number of nitrogens with one attached hydrogen (secondary N) is 1. The maximum Gasteiger partial charge on any atom is 0.317 e. The molecular formula is C21H33N3O2. The third-order valence-electron chi connectivity index (χ3n) is 5.32. The number of anilines is 1. The Hall–Kier alpha value is -1.91. The van der Waals surface area contributed by atoms with Crippen molar-refractivity contribution in [3.05, 3.63) is 24.3 Å². The normalized spacial score (nSPS) is 19.3. The van der Waals surface area contributed by atoms with Gasteiger partial charge in [0.05, 0.1) is 6.10 Å². The molecule has 1 saturated heterocycles. The molecule has 2 amide bonds. The Bertz CT molecular complexity index is 557. The monoisotopic (exact) mass is 359 g/mol. The Labute approximate surface area is 157 Å². The first-order chi connectivity index (χ1) is 12.6. The standard InChI is InChI=1S/C21H33N3O2/c1-17(2)26-20-11-9-19(10-12-20)23-13-15-24(16-14-23)21(25)22-18-7-5-3-4-6-8-18/h9-12,17-18H,3-8,13-16H2,1-2H3,(H,22,25). The van der Waals surface area contributed by atoms with Crippen LogP contribution in [0.15, 0.2) is 24.3 Å². The summed E-state index contributed by atoms with van der Waals surface area (Å²) in [5, 5.41) is 3.26. The van der Waals surface area contributed by atoms with Gasteiger partial charge in [-0.3, -0.25) is 0 Å². The van der Waals surface area contributed by atoms with E-state index in [2.05, 4.69) is 22.3 Å². The number of benzene rings is 1. The molecule has 1 aromatic rings. The molecule has 0 atom stereocenters. The maximum atomic E-state index is 12.5. The van der Waals surface area contributed by atoms with Crippen LogP contribution in [0.5, 0.6) is 5.75 Å². The summed E-state index contributed by atoms with van der Waals surface area (Å²) in [5.41, 5.74) is 1.20. The molecule has 1 saturated carbocycles. The molecule has 1 N–H and O–H groups in total. The zero-order valence-corrected chi connectivity index (χ0v) is 16.2.